The zero-order chi connectivity index (χ0) is 15.7. The third-order valence-corrected chi connectivity index (χ3v) is 6.43. The molecule has 0 saturated carbocycles. The van der Waals surface area contributed by atoms with Crippen molar-refractivity contribution in [2.75, 3.05) is 50.8 Å². The molecule has 22 heavy (non-hydrogen) atoms. The summed E-state index contributed by atoms with van der Waals surface area (Å²) < 4.78 is 23.0. The number of piperazine rings is 1. The van der Waals surface area contributed by atoms with Crippen molar-refractivity contribution in [2.45, 2.75) is 18.9 Å². The Hall–Kier alpha value is -1.35. The van der Waals surface area contributed by atoms with E-state index in [1.165, 1.54) is 4.90 Å². The van der Waals surface area contributed by atoms with E-state index < -0.39 is 9.84 Å². The van der Waals surface area contributed by atoms with Crippen molar-refractivity contribution in [2.24, 2.45) is 0 Å². The van der Waals surface area contributed by atoms with E-state index in [2.05, 4.69) is 10.2 Å². The van der Waals surface area contributed by atoms with Gasteiger partial charge in [-0.1, -0.05) is 0 Å². The second-order valence-corrected chi connectivity index (χ2v) is 8.38. The van der Waals surface area contributed by atoms with E-state index in [1.54, 1.807) is 4.90 Å². The Morgan fingerprint density at radius 1 is 1.05 bits per heavy atom. The molecule has 3 rings (SSSR count). The van der Waals surface area contributed by atoms with Crippen LogP contribution in [0.2, 0.25) is 0 Å². The predicted octanol–water partition coefficient (Wildman–Crippen LogP) is -0.674. The summed E-state index contributed by atoms with van der Waals surface area (Å²) in [6.07, 6.45) is 1.37. The van der Waals surface area contributed by atoms with Crippen LogP contribution >= 0.6 is 0 Å². The van der Waals surface area contributed by atoms with Crippen molar-refractivity contribution in [3.63, 3.8) is 0 Å². The van der Waals surface area contributed by atoms with Gasteiger partial charge in [0.25, 0.3) is 0 Å². The van der Waals surface area contributed by atoms with Gasteiger partial charge >= 0.3 is 12.1 Å². The summed E-state index contributed by atoms with van der Waals surface area (Å²) in [7, 11) is -2.84. The first-order valence-electron chi connectivity index (χ1n) is 7.75. The molecule has 0 aromatic rings. The molecule has 0 radical (unpaired) electrons. The van der Waals surface area contributed by atoms with Crippen molar-refractivity contribution in [1.29, 1.82) is 0 Å². The minimum absolute atomic E-state index is 0.221. The molecule has 3 aliphatic rings. The lowest BCUT2D eigenvalue weighted by Crippen LogP contribution is -2.56. The third kappa shape index (κ3) is 3.19. The fourth-order valence-corrected chi connectivity index (χ4v) is 4.81. The van der Waals surface area contributed by atoms with Crippen molar-refractivity contribution in [3.8, 4) is 0 Å². The SMILES string of the molecule is O=C1NCCN1C(=O)N1CCN(C2CCS(=O)(=O)CC2)CC1. The molecule has 9 heteroatoms. The molecular weight excluding hydrogens is 308 g/mol. The standard InChI is InChI=1S/C13H22N4O4S/c18-12-14-3-4-17(12)13(19)16-7-5-15(6-8-16)11-1-9-22(20,21)10-2-11/h11H,1-10H2,(H,14,18). The van der Waals surface area contributed by atoms with Crippen LogP contribution in [-0.4, -0.2) is 92.0 Å². The monoisotopic (exact) mass is 330 g/mol. The summed E-state index contributed by atoms with van der Waals surface area (Å²) in [5.41, 5.74) is 0. The normalized spacial score (nSPS) is 27.0. The van der Waals surface area contributed by atoms with E-state index in [9.17, 15) is 18.0 Å². The largest absolute Gasteiger partial charge is 0.336 e. The summed E-state index contributed by atoms with van der Waals surface area (Å²) in [5, 5.41) is 2.63. The number of rotatable bonds is 1. The Balaban J connectivity index is 1.50. The Kier molecular flexibility index (Phi) is 4.26. The van der Waals surface area contributed by atoms with E-state index in [-0.39, 0.29) is 23.6 Å². The molecular formula is C13H22N4O4S. The maximum absolute atomic E-state index is 12.3. The number of nitrogens with one attached hydrogen (secondary N) is 1. The number of carbonyl (C=O) groups is 2. The van der Waals surface area contributed by atoms with Crippen LogP contribution in [0.25, 0.3) is 0 Å². The summed E-state index contributed by atoms with van der Waals surface area (Å²) in [6, 6.07) is -0.235. The van der Waals surface area contributed by atoms with Gasteiger partial charge in [0.15, 0.2) is 0 Å². The van der Waals surface area contributed by atoms with Gasteiger partial charge in [-0.15, -0.1) is 0 Å². The van der Waals surface area contributed by atoms with Crippen molar-refractivity contribution >= 4 is 21.9 Å². The first-order chi connectivity index (χ1) is 10.5. The van der Waals surface area contributed by atoms with E-state index in [0.29, 0.717) is 45.1 Å². The molecule has 124 valence electrons. The predicted molar refractivity (Wildman–Crippen MR) is 80.3 cm³/mol. The van der Waals surface area contributed by atoms with Gasteiger partial charge in [-0.05, 0) is 12.8 Å². The second kappa shape index (κ2) is 6.04. The molecule has 0 aromatic carbocycles. The summed E-state index contributed by atoms with van der Waals surface area (Å²) in [4.78, 5) is 29.0. The topological polar surface area (TPSA) is 90.0 Å². The average molecular weight is 330 g/mol. The van der Waals surface area contributed by atoms with Gasteiger partial charge in [-0.3, -0.25) is 4.90 Å². The summed E-state index contributed by atoms with van der Waals surface area (Å²) in [6.45, 7) is 3.61. The van der Waals surface area contributed by atoms with Crippen molar-refractivity contribution in [3.05, 3.63) is 0 Å². The highest BCUT2D eigenvalue weighted by Gasteiger charge is 2.34. The fourth-order valence-electron chi connectivity index (χ4n) is 3.35. The van der Waals surface area contributed by atoms with Crippen LogP contribution < -0.4 is 5.32 Å². The molecule has 0 aromatic heterocycles. The van der Waals surface area contributed by atoms with Gasteiger partial charge < -0.3 is 10.2 Å². The first kappa shape index (κ1) is 15.5. The van der Waals surface area contributed by atoms with E-state index in [1.807, 2.05) is 0 Å². The van der Waals surface area contributed by atoms with Gasteiger partial charge in [0.05, 0.1) is 11.5 Å². The fraction of sp³-hybridized carbons (Fsp3) is 0.846. The van der Waals surface area contributed by atoms with Gasteiger partial charge in [-0.2, -0.15) is 0 Å². The lowest BCUT2D eigenvalue weighted by molar-refractivity contribution is 0.0934. The molecule has 4 amide bonds. The van der Waals surface area contributed by atoms with Crippen LogP contribution in [0.15, 0.2) is 0 Å². The molecule has 3 fully saturated rings. The maximum atomic E-state index is 12.3. The van der Waals surface area contributed by atoms with E-state index in [0.717, 1.165) is 13.1 Å². The third-order valence-electron chi connectivity index (χ3n) is 4.71. The number of amides is 4. The van der Waals surface area contributed by atoms with Gasteiger partial charge in [0, 0.05) is 45.3 Å². The highest BCUT2D eigenvalue weighted by molar-refractivity contribution is 7.91. The molecule has 3 aliphatic heterocycles. The highest BCUT2D eigenvalue weighted by Crippen LogP contribution is 2.20. The molecule has 0 atom stereocenters. The number of sulfone groups is 1. The number of imide groups is 1. The Bertz CT molecular complexity index is 542. The van der Waals surface area contributed by atoms with Crippen LogP contribution in [0.1, 0.15) is 12.8 Å². The number of hydrogen-bond acceptors (Lipinski definition) is 5. The molecule has 0 aliphatic carbocycles. The zero-order valence-corrected chi connectivity index (χ0v) is 13.3. The second-order valence-electron chi connectivity index (χ2n) is 6.07. The Morgan fingerprint density at radius 2 is 1.68 bits per heavy atom. The Labute approximate surface area is 130 Å². The van der Waals surface area contributed by atoms with Gasteiger partial charge in [-0.25, -0.2) is 22.9 Å². The quantitative estimate of drug-likeness (QED) is 0.688. The lowest BCUT2D eigenvalue weighted by Gasteiger charge is -2.41. The molecule has 1 N–H and O–H groups in total. The molecule has 0 spiro atoms. The van der Waals surface area contributed by atoms with Crippen LogP contribution in [0, 0.1) is 0 Å². The Morgan fingerprint density at radius 3 is 2.23 bits per heavy atom. The number of urea groups is 2. The molecule has 8 nitrogen and oxygen atoms in total. The molecule has 3 saturated heterocycles. The molecule has 0 bridgehead atoms. The van der Waals surface area contributed by atoms with E-state index in [4.69, 9.17) is 0 Å². The minimum Gasteiger partial charge on any atom is -0.336 e. The minimum atomic E-state index is -2.84. The van der Waals surface area contributed by atoms with Crippen molar-refractivity contribution in [1.82, 2.24) is 20.0 Å². The highest BCUT2D eigenvalue weighted by atomic mass is 32.2. The smallest absolute Gasteiger partial charge is 0.328 e. The lowest BCUT2D eigenvalue weighted by atomic mass is 10.1. The maximum Gasteiger partial charge on any atom is 0.328 e. The molecule has 3 heterocycles. The van der Waals surface area contributed by atoms with Crippen LogP contribution in [0.5, 0.6) is 0 Å². The van der Waals surface area contributed by atoms with Crippen LogP contribution in [-0.2, 0) is 9.84 Å². The average Bonchev–Trinajstić information content (AvgIpc) is 2.93. The van der Waals surface area contributed by atoms with Crippen LogP contribution in [0.4, 0.5) is 9.59 Å². The number of nitrogens with zero attached hydrogens (tertiary/aromatic N) is 3. The first-order valence-corrected chi connectivity index (χ1v) is 9.57. The summed E-state index contributed by atoms with van der Waals surface area (Å²) >= 11 is 0. The van der Waals surface area contributed by atoms with Gasteiger partial charge in [0.1, 0.15) is 9.84 Å². The van der Waals surface area contributed by atoms with E-state index >= 15 is 0 Å². The molecule has 0 unspecified atom stereocenters. The van der Waals surface area contributed by atoms with Gasteiger partial charge in [0.2, 0.25) is 0 Å². The number of carbonyl (C=O) groups excluding carboxylic acids is 2. The summed E-state index contributed by atoms with van der Waals surface area (Å²) in [5.74, 6) is 0.537. The number of hydrogen-bond donors (Lipinski definition) is 1. The van der Waals surface area contributed by atoms with Crippen molar-refractivity contribution < 1.29 is 18.0 Å². The van der Waals surface area contributed by atoms with Crippen LogP contribution in [0.3, 0.4) is 0 Å². The zero-order valence-electron chi connectivity index (χ0n) is 12.5.